The first-order chi connectivity index (χ1) is 7.38. The lowest BCUT2D eigenvalue weighted by atomic mass is 10.0. The predicted octanol–water partition coefficient (Wildman–Crippen LogP) is 1.47. The number of hydrogen-bond acceptors (Lipinski definition) is 3. The van der Waals surface area contributed by atoms with Crippen molar-refractivity contribution < 1.29 is 18.0 Å². The van der Waals surface area contributed by atoms with Gasteiger partial charge in [0.15, 0.2) is 5.78 Å². The maximum atomic E-state index is 12.0. The van der Waals surface area contributed by atoms with Crippen LogP contribution in [0.3, 0.4) is 0 Å². The first-order valence-corrected chi connectivity index (χ1v) is 4.62. The smallest absolute Gasteiger partial charge is 0.321 e. The Hall–Kier alpha value is -1.43. The number of pyridine rings is 1. The number of carbonyl (C=O) groups excluding carboxylic acids is 1. The van der Waals surface area contributed by atoms with E-state index in [-0.39, 0.29) is 6.42 Å². The Balaban J connectivity index is 2.53. The molecule has 0 spiro atoms. The summed E-state index contributed by atoms with van der Waals surface area (Å²) in [4.78, 5) is 15.1. The lowest BCUT2D eigenvalue weighted by Crippen LogP contribution is -2.36. The molecule has 0 aliphatic carbocycles. The molecule has 0 radical (unpaired) electrons. The summed E-state index contributed by atoms with van der Waals surface area (Å²) in [5.74, 6) is -0.634. The maximum Gasteiger partial charge on any atom is 0.391 e. The van der Waals surface area contributed by atoms with Crippen LogP contribution in [0.25, 0.3) is 0 Å². The summed E-state index contributed by atoms with van der Waals surface area (Å²) < 4.78 is 35.9. The van der Waals surface area contributed by atoms with E-state index in [9.17, 15) is 18.0 Å². The van der Waals surface area contributed by atoms with Crippen LogP contribution in [0.15, 0.2) is 24.5 Å². The minimum absolute atomic E-state index is 0.120. The van der Waals surface area contributed by atoms with Gasteiger partial charge in [0.25, 0.3) is 0 Å². The van der Waals surface area contributed by atoms with E-state index in [1.54, 1.807) is 12.1 Å². The predicted molar refractivity (Wildman–Crippen MR) is 51.6 cm³/mol. The van der Waals surface area contributed by atoms with Crippen molar-refractivity contribution in [2.24, 2.45) is 5.73 Å². The topological polar surface area (TPSA) is 56.0 Å². The molecule has 3 nitrogen and oxygen atoms in total. The van der Waals surface area contributed by atoms with Gasteiger partial charge in [-0.15, -0.1) is 0 Å². The number of alkyl halides is 3. The number of nitrogens with two attached hydrogens (primary N) is 1. The van der Waals surface area contributed by atoms with E-state index >= 15 is 0 Å². The van der Waals surface area contributed by atoms with Crippen molar-refractivity contribution >= 4 is 5.78 Å². The number of aromatic nitrogens is 1. The van der Waals surface area contributed by atoms with Crippen LogP contribution >= 0.6 is 0 Å². The summed E-state index contributed by atoms with van der Waals surface area (Å²) in [6.07, 6.45) is -2.87. The second-order valence-electron chi connectivity index (χ2n) is 3.43. The van der Waals surface area contributed by atoms with E-state index < -0.39 is 24.4 Å². The number of Topliss-reactive ketones (excluding diaryl/α,β-unsaturated/α-hetero) is 1. The molecule has 0 aliphatic heterocycles. The highest BCUT2D eigenvalue weighted by atomic mass is 19.4. The summed E-state index contributed by atoms with van der Waals surface area (Å²) >= 11 is 0. The molecule has 0 aromatic carbocycles. The number of carbonyl (C=O) groups is 1. The van der Waals surface area contributed by atoms with Gasteiger partial charge in [0.1, 0.15) is 0 Å². The number of rotatable bonds is 4. The Kier molecular flexibility index (Phi) is 4.00. The first kappa shape index (κ1) is 12.6. The quantitative estimate of drug-likeness (QED) is 0.855. The van der Waals surface area contributed by atoms with Crippen LogP contribution in [0.5, 0.6) is 0 Å². The number of hydrogen-bond donors (Lipinski definition) is 1. The summed E-state index contributed by atoms with van der Waals surface area (Å²) in [7, 11) is 0. The minimum atomic E-state index is -4.41. The fourth-order valence-electron chi connectivity index (χ4n) is 1.20. The zero-order valence-electron chi connectivity index (χ0n) is 8.37. The van der Waals surface area contributed by atoms with Gasteiger partial charge < -0.3 is 5.73 Å². The maximum absolute atomic E-state index is 12.0. The van der Waals surface area contributed by atoms with Crippen LogP contribution in [0.2, 0.25) is 0 Å². The molecule has 0 amide bonds. The zero-order chi connectivity index (χ0) is 12.2. The highest BCUT2D eigenvalue weighted by Crippen LogP contribution is 2.21. The zero-order valence-corrected chi connectivity index (χ0v) is 8.37. The number of ketones is 1. The van der Waals surface area contributed by atoms with Crippen LogP contribution in [0.4, 0.5) is 13.2 Å². The van der Waals surface area contributed by atoms with Crippen molar-refractivity contribution in [1.29, 1.82) is 0 Å². The van der Waals surface area contributed by atoms with Crippen LogP contribution in [-0.4, -0.2) is 23.0 Å². The van der Waals surface area contributed by atoms with Crippen LogP contribution in [-0.2, 0) is 11.2 Å². The summed E-state index contributed by atoms with van der Waals surface area (Å²) in [6, 6.07) is 1.73. The number of nitrogens with zero attached hydrogens (tertiary/aromatic N) is 1. The highest BCUT2D eigenvalue weighted by Gasteiger charge is 2.33. The molecule has 1 unspecified atom stereocenters. The molecule has 0 saturated carbocycles. The van der Waals surface area contributed by atoms with Gasteiger partial charge in [-0.1, -0.05) is 6.07 Å². The molecule has 0 saturated heterocycles. The Bertz CT molecular complexity index is 351. The molecular weight excluding hydrogens is 221 g/mol. The average Bonchev–Trinajstić information content (AvgIpc) is 2.16. The Labute approximate surface area is 90.5 Å². The third kappa shape index (κ3) is 4.39. The normalized spacial score (nSPS) is 13.5. The van der Waals surface area contributed by atoms with Gasteiger partial charge >= 0.3 is 6.18 Å². The van der Waals surface area contributed by atoms with E-state index in [0.29, 0.717) is 5.56 Å². The first-order valence-electron chi connectivity index (χ1n) is 4.62. The van der Waals surface area contributed by atoms with Gasteiger partial charge in [-0.2, -0.15) is 13.2 Å². The average molecular weight is 232 g/mol. The van der Waals surface area contributed by atoms with Crippen molar-refractivity contribution in [1.82, 2.24) is 4.98 Å². The molecule has 1 aromatic heterocycles. The van der Waals surface area contributed by atoms with E-state index in [1.165, 1.54) is 12.4 Å². The molecule has 0 fully saturated rings. The van der Waals surface area contributed by atoms with Gasteiger partial charge in [-0.3, -0.25) is 9.78 Å². The fraction of sp³-hybridized carbons (Fsp3) is 0.400. The largest absolute Gasteiger partial charge is 0.391 e. The third-order valence-corrected chi connectivity index (χ3v) is 1.97. The van der Waals surface area contributed by atoms with Crippen LogP contribution < -0.4 is 5.73 Å². The fourth-order valence-corrected chi connectivity index (χ4v) is 1.20. The van der Waals surface area contributed by atoms with Crippen LogP contribution in [0.1, 0.15) is 12.0 Å². The monoisotopic (exact) mass is 232 g/mol. The second kappa shape index (κ2) is 5.07. The SMILES string of the molecule is NC(CC(F)(F)F)C(=O)Cc1cccnc1. The summed E-state index contributed by atoms with van der Waals surface area (Å²) in [5, 5.41) is 0. The third-order valence-electron chi connectivity index (χ3n) is 1.97. The molecule has 1 aromatic rings. The van der Waals surface area contributed by atoms with E-state index in [2.05, 4.69) is 4.98 Å². The van der Waals surface area contributed by atoms with Gasteiger partial charge in [0.05, 0.1) is 12.5 Å². The summed E-state index contributed by atoms with van der Waals surface area (Å²) in [6.45, 7) is 0. The van der Waals surface area contributed by atoms with Crippen molar-refractivity contribution in [3.05, 3.63) is 30.1 Å². The van der Waals surface area contributed by atoms with Crippen molar-refractivity contribution in [3.8, 4) is 0 Å². The molecule has 16 heavy (non-hydrogen) atoms. The Morgan fingerprint density at radius 3 is 2.69 bits per heavy atom. The molecule has 1 atom stereocenters. The molecule has 0 aliphatic rings. The lowest BCUT2D eigenvalue weighted by molar-refractivity contribution is -0.146. The minimum Gasteiger partial charge on any atom is -0.321 e. The van der Waals surface area contributed by atoms with Gasteiger partial charge in [-0.05, 0) is 11.6 Å². The molecule has 0 bridgehead atoms. The van der Waals surface area contributed by atoms with Crippen molar-refractivity contribution in [2.75, 3.05) is 0 Å². The Morgan fingerprint density at radius 1 is 1.50 bits per heavy atom. The number of halogens is 3. The molecule has 1 heterocycles. The van der Waals surface area contributed by atoms with Gasteiger partial charge in [0, 0.05) is 18.8 Å². The van der Waals surface area contributed by atoms with E-state index in [4.69, 9.17) is 5.73 Å². The summed E-state index contributed by atoms with van der Waals surface area (Å²) in [5.41, 5.74) is 5.72. The van der Waals surface area contributed by atoms with Crippen LogP contribution in [0, 0.1) is 0 Å². The van der Waals surface area contributed by atoms with Gasteiger partial charge in [-0.25, -0.2) is 0 Å². The van der Waals surface area contributed by atoms with E-state index in [1.807, 2.05) is 0 Å². The molecule has 1 rings (SSSR count). The molecule has 2 N–H and O–H groups in total. The molecule has 6 heteroatoms. The molecule has 88 valence electrons. The highest BCUT2D eigenvalue weighted by molar-refractivity contribution is 5.85. The molecular formula is C10H11F3N2O. The Morgan fingerprint density at radius 2 is 2.19 bits per heavy atom. The second-order valence-corrected chi connectivity index (χ2v) is 3.43. The van der Waals surface area contributed by atoms with Gasteiger partial charge in [0.2, 0.25) is 0 Å². The van der Waals surface area contributed by atoms with Crippen molar-refractivity contribution in [3.63, 3.8) is 0 Å². The lowest BCUT2D eigenvalue weighted by Gasteiger charge is -2.12. The van der Waals surface area contributed by atoms with Crippen molar-refractivity contribution in [2.45, 2.75) is 25.1 Å². The van der Waals surface area contributed by atoms with E-state index in [0.717, 1.165) is 0 Å². The standard InChI is InChI=1S/C10H11F3N2O/c11-10(12,13)5-8(14)9(16)4-7-2-1-3-15-6-7/h1-3,6,8H,4-5,14H2.